The van der Waals surface area contributed by atoms with Crippen LogP contribution in [0.2, 0.25) is 0 Å². The van der Waals surface area contributed by atoms with Crippen LogP contribution in [0.3, 0.4) is 0 Å². The number of alkyl halides is 2. The van der Waals surface area contributed by atoms with Crippen molar-refractivity contribution in [2.75, 3.05) is 6.61 Å². The summed E-state index contributed by atoms with van der Waals surface area (Å²) in [6.07, 6.45) is 0. The van der Waals surface area contributed by atoms with E-state index in [1.807, 2.05) is 0 Å². The lowest BCUT2D eigenvalue weighted by molar-refractivity contribution is -0.174. The zero-order valence-corrected chi connectivity index (χ0v) is 11.3. The van der Waals surface area contributed by atoms with E-state index in [0.29, 0.717) is 5.56 Å². The first-order chi connectivity index (χ1) is 8.30. The summed E-state index contributed by atoms with van der Waals surface area (Å²) in [5, 5.41) is 0. The van der Waals surface area contributed by atoms with Crippen molar-refractivity contribution in [3.8, 4) is 0 Å². The zero-order chi connectivity index (χ0) is 13.9. The van der Waals surface area contributed by atoms with Crippen molar-refractivity contribution in [2.45, 2.75) is 25.8 Å². The van der Waals surface area contributed by atoms with Gasteiger partial charge in [0.15, 0.2) is 0 Å². The maximum atomic E-state index is 13.6. The van der Waals surface area contributed by atoms with Crippen LogP contribution >= 0.6 is 12.4 Å². The number of carbonyl (C=O) groups is 1. The molecule has 1 atom stereocenters. The van der Waals surface area contributed by atoms with E-state index < -0.39 is 29.3 Å². The molecular formula is C12H15ClF3NO2. The molecule has 0 unspecified atom stereocenters. The molecule has 0 heterocycles. The van der Waals surface area contributed by atoms with Gasteiger partial charge in [-0.05, 0) is 19.9 Å². The first kappa shape index (κ1) is 17.7. The molecule has 3 nitrogen and oxygen atoms in total. The molecule has 1 aromatic carbocycles. The number of hydrogen-bond donors (Lipinski definition) is 1. The van der Waals surface area contributed by atoms with Crippen LogP contribution in [0.15, 0.2) is 18.2 Å². The Kier molecular flexibility index (Phi) is 6.32. The fourth-order valence-electron chi connectivity index (χ4n) is 1.45. The molecule has 1 aromatic rings. The number of hydrogen-bond acceptors (Lipinski definition) is 3. The second kappa shape index (κ2) is 6.77. The highest BCUT2D eigenvalue weighted by Crippen LogP contribution is 2.32. The van der Waals surface area contributed by atoms with Crippen molar-refractivity contribution in [3.05, 3.63) is 35.1 Å². The molecule has 0 aromatic heterocycles. The molecule has 0 fully saturated rings. The van der Waals surface area contributed by atoms with Crippen molar-refractivity contribution in [1.29, 1.82) is 0 Å². The first-order valence-corrected chi connectivity index (χ1v) is 5.37. The van der Waals surface area contributed by atoms with Crippen LogP contribution in [0.5, 0.6) is 0 Å². The van der Waals surface area contributed by atoms with Crippen molar-refractivity contribution >= 4 is 18.4 Å². The fourth-order valence-corrected chi connectivity index (χ4v) is 1.45. The minimum absolute atomic E-state index is 0. The van der Waals surface area contributed by atoms with E-state index in [4.69, 9.17) is 5.73 Å². The maximum Gasteiger partial charge on any atom is 0.379 e. The van der Waals surface area contributed by atoms with Crippen molar-refractivity contribution in [3.63, 3.8) is 0 Å². The van der Waals surface area contributed by atoms with Gasteiger partial charge in [0.25, 0.3) is 0 Å². The van der Waals surface area contributed by atoms with Gasteiger partial charge in [0.2, 0.25) is 0 Å². The number of esters is 1. The van der Waals surface area contributed by atoms with Gasteiger partial charge in [0, 0.05) is 5.56 Å². The minimum Gasteiger partial charge on any atom is -0.462 e. The van der Waals surface area contributed by atoms with Gasteiger partial charge in [0.05, 0.1) is 6.61 Å². The van der Waals surface area contributed by atoms with Crippen molar-refractivity contribution in [1.82, 2.24) is 0 Å². The molecule has 0 bridgehead atoms. The predicted molar refractivity (Wildman–Crippen MR) is 66.9 cm³/mol. The molecule has 0 aliphatic rings. The molecule has 0 aliphatic heterocycles. The van der Waals surface area contributed by atoms with E-state index in [1.54, 1.807) is 6.92 Å². The standard InChI is InChI=1S/C12H14F3NO2.ClH/c1-3-18-11(17)12(14,15)10(16)8-6-7(2)4-5-9(8)13;/h4-6,10H,3,16H2,1-2H3;1H/t10-;/m1./s1. The Labute approximate surface area is 115 Å². The van der Waals surface area contributed by atoms with Gasteiger partial charge in [-0.15, -0.1) is 12.4 Å². The SMILES string of the molecule is CCOC(=O)C(F)(F)[C@H](N)c1cc(C)ccc1F.Cl. The summed E-state index contributed by atoms with van der Waals surface area (Å²) in [4.78, 5) is 11.1. The Morgan fingerprint density at radius 1 is 1.47 bits per heavy atom. The molecule has 0 saturated heterocycles. The van der Waals surface area contributed by atoms with Gasteiger partial charge in [-0.2, -0.15) is 8.78 Å². The summed E-state index contributed by atoms with van der Waals surface area (Å²) in [5.41, 5.74) is 5.44. The van der Waals surface area contributed by atoms with E-state index >= 15 is 0 Å². The number of carbonyl (C=O) groups excluding carboxylic acids is 1. The molecule has 1 rings (SSSR count). The Hall–Kier alpha value is -1.27. The quantitative estimate of drug-likeness (QED) is 0.870. The topological polar surface area (TPSA) is 52.3 Å². The molecule has 0 radical (unpaired) electrons. The second-order valence-corrected chi connectivity index (χ2v) is 3.85. The number of ether oxygens (including phenoxy) is 1. The van der Waals surface area contributed by atoms with Crippen molar-refractivity contribution < 1.29 is 22.7 Å². The summed E-state index contributed by atoms with van der Waals surface area (Å²) in [5.74, 6) is -6.60. The maximum absolute atomic E-state index is 13.6. The second-order valence-electron chi connectivity index (χ2n) is 3.85. The molecule has 19 heavy (non-hydrogen) atoms. The van der Waals surface area contributed by atoms with Gasteiger partial charge in [-0.3, -0.25) is 0 Å². The highest BCUT2D eigenvalue weighted by molar-refractivity contribution is 5.85. The third-order valence-electron chi connectivity index (χ3n) is 2.42. The number of aryl methyl sites for hydroxylation is 1. The zero-order valence-electron chi connectivity index (χ0n) is 10.5. The van der Waals surface area contributed by atoms with Gasteiger partial charge in [0.1, 0.15) is 11.9 Å². The predicted octanol–water partition coefficient (Wildman–Crippen LogP) is 2.75. The molecule has 0 aliphatic carbocycles. The van der Waals surface area contributed by atoms with E-state index in [1.165, 1.54) is 19.1 Å². The molecule has 0 amide bonds. The Balaban J connectivity index is 0.00000324. The number of rotatable bonds is 4. The lowest BCUT2D eigenvalue weighted by Gasteiger charge is -2.22. The first-order valence-electron chi connectivity index (χ1n) is 5.37. The summed E-state index contributed by atoms with van der Waals surface area (Å²) in [6.45, 7) is 2.81. The molecule has 2 N–H and O–H groups in total. The van der Waals surface area contributed by atoms with Gasteiger partial charge in [-0.25, -0.2) is 9.18 Å². The smallest absolute Gasteiger partial charge is 0.379 e. The van der Waals surface area contributed by atoms with E-state index in [2.05, 4.69) is 4.74 Å². The van der Waals surface area contributed by atoms with Crippen LogP contribution < -0.4 is 5.73 Å². The van der Waals surface area contributed by atoms with Gasteiger partial charge in [-0.1, -0.05) is 17.7 Å². The van der Waals surface area contributed by atoms with E-state index in [0.717, 1.165) is 6.07 Å². The highest BCUT2D eigenvalue weighted by Gasteiger charge is 2.48. The van der Waals surface area contributed by atoms with Crippen LogP contribution in [-0.4, -0.2) is 18.5 Å². The average Bonchev–Trinajstić information content (AvgIpc) is 2.31. The van der Waals surface area contributed by atoms with Crippen LogP contribution in [-0.2, 0) is 9.53 Å². The average molecular weight is 298 g/mol. The molecule has 0 spiro atoms. The van der Waals surface area contributed by atoms with Gasteiger partial charge >= 0.3 is 11.9 Å². The Bertz CT molecular complexity index is 455. The molecule has 7 heteroatoms. The molecule has 0 saturated carbocycles. The third-order valence-corrected chi connectivity index (χ3v) is 2.42. The van der Waals surface area contributed by atoms with E-state index in [9.17, 15) is 18.0 Å². The number of benzene rings is 1. The highest BCUT2D eigenvalue weighted by atomic mass is 35.5. The third kappa shape index (κ3) is 3.84. The summed E-state index contributed by atoms with van der Waals surface area (Å²) in [6, 6.07) is 1.57. The molecular weight excluding hydrogens is 283 g/mol. The summed E-state index contributed by atoms with van der Waals surface area (Å²) >= 11 is 0. The Morgan fingerprint density at radius 2 is 2.05 bits per heavy atom. The van der Waals surface area contributed by atoms with Gasteiger partial charge < -0.3 is 10.5 Å². The number of nitrogens with two attached hydrogens (primary N) is 1. The lowest BCUT2D eigenvalue weighted by Crippen LogP contribution is -2.42. The monoisotopic (exact) mass is 297 g/mol. The lowest BCUT2D eigenvalue weighted by atomic mass is 9.99. The summed E-state index contributed by atoms with van der Waals surface area (Å²) in [7, 11) is 0. The Morgan fingerprint density at radius 3 is 2.58 bits per heavy atom. The largest absolute Gasteiger partial charge is 0.462 e. The van der Waals surface area contributed by atoms with Crippen LogP contribution in [0, 0.1) is 12.7 Å². The van der Waals surface area contributed by atoms with E-state index in [-0.39, 0.29) is 19.0 Å². The molecule has 108 valence electrons. The van der Waals surface area contributed by atoms with Crippen LogP contribution in [0.4, 0.5) is 13.2 Å². The number of halogens is 4. The minimum atomic E-state index is -3.97. The summed E-state index contributed by atoms with van der Waals surface area (Å²) < 4.78 is 44.9. The van der Waals surface area contributed by atoms with Crippen LogP contribution in [0.1, 0.15) is 24.1 Å². The fraction of sp³-hybridized carbons (Fsp3) is 0.417. The normalized spacial score (nSPS) is 12.5. The van der Waals surface area contributed by atoms with Crippen LogP contribution in [0.25, 0.3) is 0 Å². The van der Waals surface area contributed by atoms with Crippen molar-refractivity contribution in [2.24, 2.45) is 5.73 Å².